The van der Waals surface area contributed by atoms with Gasteiger partial charge in [-0.3, -0.25) is 29.7 Å². The van der Waals surface area contributed by atoms with Crippen molar-refractivity contribution >= 4 is 23.7 Å². The second-order valence-corrected chi connectivity index (χ2v) is 7.14. The topological polar surface area (TPSA) is 130 Å². The molecule has 1 aromatic heterocycles. The summed E-state index contributed by atoms with van der Waals surface area (Å²) < 4.78 is 1.25. The third-order valence-corrected chi connectivity index (χ3v) is 5.11. The number of rotatable bonds is 6. The van der Waals surface area contributed by atoms with E-state index in [4.69, 9.17) is 0 Å². The summed E-state index contributed by atoms with van der Waals surface area (Å²) in [6.07, 6.45) is 1.83. The first-order chi connectivity index (χ1) is 15.4. The summed E-state index contributed by atoms with van der Waals surface area (Å²) in [7, 11) is 0. The lowest BCUT2D eigenvalue weighted by Crippen LogP contribution is -2.30. The molecule has 10 nitrogen and oxygen atoms in total. The fourth-order valence-electron chi connectivity index (χ4n) is 3.44. The van der Waals surface area contributed by atoms with Crippen LogP contribution in [-0.2, 0) is 17.8 Å². The van der Waals surface area contributed by atoms with Gasteiger partial charge in [-0.25, -0.2) is 9.48 Å². The van der Waals surface area contributed by atoms with Gasteiger partial charge in [0.25, 0.3) is 17.2 Å². The summed E-state index contributed by atoms with van der Waals surface area (Å²) in [5, 5.41) is 16.4. The Morgan fingerprint density at radius 2 is 1.72 bits per heavy atom. The van der Waals surface area contributed by atoms with E-state index < -0.39 is 22.4 Å². The standard InChI is InChI=1S/C22H19N5O5/c1-2-18-17(20(28)26(24-18)15-8-10-16(11-9-15)27(31)32)12-19-21(29)25(22(30)23-19)13-14-6-4-3-5-7-14/h3-12,24H,2,13H2,1H3,(H,23,30). The number of aryl methyl sites for hydroxylation is 1. The molecule has 1 fully saturated rings. The molecule has 1 aliphatic rings. The average Bonchev–Trinajstić information content (AvgIpc) is 3.25. The van der Waals surface area contributed by atoms with Gasteiger partial charge in [-0.1, -0.05) is 37.3 Å². The minimum Gasteiger partial charge on any atom is -0.303 e. The Hall–Kier alpha value is -4.47. The number of amides is 3. The minimum atomic E-state index is -0.561. The number of nitro benzene ring substituents is 1. The monoisotopic (exact) mass is 433 g/mol. The molecule has 0 aliphatic carbocycles. The van der Waals surface area contributed by atoms with E-state index >= 15 is 0 Å². The minimum absolute atomic E-state index is 0.00702. The van der Waals surface area contributed by atoms with Crippen molar-refractivity contribution in [3.8, 4) is 5.69 Å². The van der Waals surface area contributed by atoms with Crippen LogP contribution in [0.15, 0.2) is 65.1 Å². The van der Waals surface area contributed by atoms with Crippen molar-refractivity contribution in [3.05, 3.63) is 97.6 Å². The number of urea groups is 1. The van der Waals surface area contributed by atoms with Gasteiger partial charge in [-0.15, -0.1) is 0 Å². The third-order valence-electron chi connectivity index (χ3n) is 5.11. The van der Waals surface area contributed by atoms with Crippen LogP contribution in [0.1, 0.15) is 23.7 Å². The maximum absolute atomic E-state index is 13.0. The van der Waals surface area contributed by atoms with Crippen molar-refractivity contribution in [3.63, 3.8) is 0 Å². The summed E-state index contributed by atoms with van der Waals surface area (Å²) in [6, 6.07) is 14.1. The van der Waals surface area contributed by atoms with Gasteiger partial charge in [-0.2, -0.15) is 0 Å². The summed E-state index contributed by atoms with van der Waals surface area (Å²) in [4.78, 5) is 49.6. The molecule has 3 aromatic rings. The van der Waals surface area contributed by atoms with Crippen molar-refractivity contribution in [2.45, 2.75) is 19.9 Å². The Balaban J connectivity index is 1.66. The van der Waals surface area contributed by atoms with Gasteiger partial charge in [0, 0.05) is 17.8 Å². The predicted molar refractivity (Wildman–Crippen MR) is 116 cm³/mol. The van der Waals surface area contributed by atoms with Crippen molar-refractivity contribution in [2.75, 3.05) is 0 Å². The lowest BCUT2D eigenvalue weighted by Gasteiger charge is -2.11. The van der Waals surface area contributed by atoms with E-state index in [2.05, 4.69) is 10.4 Å². The zero-order valence-corrected chi connectivity index (χ0v) is 17.1. The number of non-ortho nitro benzene ring substituents is 1. The Labute approximate surface area is 181 Å². The van der Waals surface area contributed by atoms with E-state index in [1.165, 1.54) is 35.0 Å². The Kier molecular flexibility index (Phi) is 5.42. The molecular formula is C22H19N5O5. The van der Waals surface area contributed by atoms with Gasteiger partial charge in [0.1, 0.15) is 5.70 Å². The molecule has 2 heterocycles. The normalized spacial score (nSPS) is 14.8. The lowest BCUT2D eigenvalue weighted by molar-refractivity contribution is -0.384. The molecule has 0 saturated carbocycles. The molecule has 162 valence electrons. The third kappa shape index (κ3) is 3.81. The molecular weight excluding hydrogens is 414 g/mol. The molecule has 2 aromatic carbocycles. The van der Waals surface area contributed by atoms with Crippen LogP contribution in [0.4, 0.5) is 10.5 Å². The van der Waals surface area contributed by atoms with Crippen LogP contribution in [0.3, 0.4) is 0 Å². The number of aromatic nitrogens is 2. The van der Waals surface area contributed by atoms with Gasteiger partial charge in [-0.05, 0) is 30.2 Å². The Morgan fingerprint density at radius 3 is 2.34 bits per heavy atom. The van der Waals surface area contributed by atoms with Crippen LogP contribution < -0.4 is 10.9 Å². The Bertz CT molecular complexity index is 1290. The number of carbonyl (C=O) groups excluding carboxylic acids is 2. The molecule has 1 aliphatic heterocycles. The van der Waals surface area contributed by atoms with Crippen LogP contribution in [-0.4, -0.2) is 31.5 Å². The van der Waals surface area contributed by atoms with Gasteiger partial charge in [0.05, 0.1) is 22.7 Å². The van der Waals surface area contributed by atoms with Gasteiger partial charge in [0.2, 0.25) is 0 Å². The maximum atomic E-state index is 13.0. The van der Waals surface area contributed by atoms with E-state index in [9.17, 15) is 24.5 Å². The maximum Gasteiger partial charge on any atom is 0.329 e. The average molecular weight is 433 g/mol. The number of nitrogens with zero attached hydrogens (tertiary/aromatic N) is 3. The molecule has 0 spiro atoms. The van der Waals surface area contributed by atoms with Crippen molar-refractivity contribution < 1.29 is 14.5 Å². The molecule has 3 amide bonds. The predicted octanol–water partition coefficient (Wildman–Crippen LogP) is 2.73. The van der Waals surface area contributed by atoms with E-state index in [1.807, 2.05) is 37.3 Å². The number of carbonyl (C=O) groups is 2. The number of hydrogen-bond acceptors (Lipinski definition) is 5. The second-order valence-electron chi connectivity index (χ2n) is 7.14. The number of benzene rings is 2. The zero-order chi connectivity index (χ0) is 22.8. The highest BCUT2D eigenvalue weighted by Crippen LogP contribution is 2.19. The second kappa shape index (κ2) is 8.34. The number of H-pyrrole nitrogens is 1. The van der Waals surface area contributed by atoms with Crippen LogP contribution in [0.5, 0.6) is 0 Å². The van der Waals surface area contributed by atoms with Crippen molar-refractivity contribution in [2.24, 2.45) is 0 Å². The fourth-order valence-corrected chi connectivity index (χ4v) is 3.44. The summed E-state index contributed by atoms with van der Waals surface area (Å²) in [5.74, 6) is -0.525. The van der Waals surface area contributed by atoms with Gasteiger partial charge < -0.3 is 5.32 Å². The quantitative estimate of drug-likeness (QED) is 0.267. The highest BCUT2D eigenvalue weighted by atomic mass is 16.6. The highest BCUT2D eigenvalue weighted by Gasteiger charge is 2.34. The molecule has 0 atom stereocenters. The molecule has 32 heavy (non-hydrogen) atoms. The number of nitro groups is 1. The first-order valence-electron chi connectivity index (χ1n) is 9.86. The largest absolute Gasteiger partial charge is 0.329 e. The number of hydrogen-bond donors (Lipinski definition) is 2. The van der Waals surface area contributed by atoms with Crippen molar-refractivity contribution in [1.29, 1.82) is 0 Å². The molecule has 10 heteroatoms. The molecule has 0 bridgehead atoms. The first-order valence-corrected chi connectivity index (χ1v) is 9.86. The summed E-state index contributed by atoms with van der Waals surface area (Å²) >= 11 is 0. The van der Waals surface area contributed by atoms with Crippen molar-refractivity contribution in [1.82, 2.24) is 20.0 Å². The lowest BCUT2D eigenvalue weighted by atomic mass is 10.1. The SMILES string of the molecule is CCc1[nH]n(-c2ccc([N+](=O)[O-])cc2)c(=O)c1C=C1NC(=O)N(Cc2ccccc2)C1=O. The smallest absolute Gasteiger partial charge is 0.303 e. The Morgan fingerprint density at radius 1 is 1.03 bits per heavy atom. The highest BCUT2D eigenvalue weighted by molar-refractivity contribution is 6.13. The van der Waals surface area contributed by atoms with E-state index in [1.54, 1.807) is 0 Å². The van der Waals surface area contributed by atoms with Crippen LogP contribution >= 0.6 is 0 Å². The molecule has 2 N–H and O–H groups in total. The fraction of sp³-hybridized carbons (Fsp3) is 0.136. The van der Waals surface area contributed by atoms with E-state index in [0.29, 0.717) is 17.8 Å². The molecule has 1 saturated heterocycles. The molecule has 0 radical (unpaired) electrons. The van der Waals surface area contributed by atoms with Crippen LogP contribution in [0.2, 0.25) is 0 Å². The van der Waals surface area contributed by atoms with Crippen LogP contribution in [0, 0.1) is 10.1 Å². The number of nitrogens with one attached hydrogen (secondary N) is 2. The molecule has 4 rings (SSSR count). The summed E-state index contributed by atoms with van der Waals surface area (Å²) in [5.41, 5.74) is 1.48. The number of imide groups is 1. The number of aromatic amines is 1. The zero-order valence-electron chi connectivity index (χ0n) is 17.1. The first kappa shape index (κ1) is 20.8. The van der Waals surface area contributed by atoms with Gasteiger partial charge in [0.15, 0.2) is 0 Å². The summed E-state index contributed by atoms with van der Waals surface area (Å²) in [6.45, 7) is 1.95. The van der Waals surface area contributed by atoms with E-state index in [-0.39, 0.29) is 23.5 Å². The van der Waals surface area contributed by atoms with E-state index in [0.717, 1.165) is 10.5 Å². The van der Waals surface area contributed by atoms with Crippen LogP contribution in [0.25, 0.3) is 11.8 Å². The van der Waals surface area contributed by atoms with Gasteiger partial charge >= 0.3 is 6.03 Å². The molecule has 0 unspecified atom stereocenters.